The lowest BCUT2D eigenvalue weighted by Gasteiger charge is -1.98. The summed E-state index contributed by atoms with van der Waals surface area (Å²) in [4.78, 5) is 20.0. The fourth-order valence-electron chi connectivity index (χ4n) is 1.58. The van der Waals surface area contributed by atoms with Gasteiger partial charge in [-0.05, 0) is 6.92 Å². The normalized spacial score (nSPS) is 10.7. The summed E-state index contributed by atoms with van der Waals surface area (Å²) >= 11 is 0. The summed E-state index contributed by atoms with van der Waals surface area (Å²) in [5, 5.41) is 13.1. The summed E-state index contributed by atoms with van der Waals surface area (Å²) in [6.45, 7) is 1.75. The molecule has 8 heteroatoms. The van der Waals surface area contributed by atoms with Gasteiger partial charge in [0.2, 0.25) is 5.95 Å². The van der Waals surface area contributed by atoms with Crippen LogP contribution < -0.4 is 5.32 Å². The summed E-state index contributed by atoms with van der Waals surface area (Å²) in [7, 11) is 0. The number of H-pyrrole nitrogens is 1. The smallest absolute Gasteiger partial charge is 0.261 e. The Balaban J connectivity index is 1.92. The molecule has 0 atom stereocenters. The maximum absolute atomic E-state index is 12.0. The third kappa shape index (κ3) is 1.69. The van der Waals surface area contributed by atoms with E-state index in [1.54, 1.807) is 30.0 Å². The quantitative estimate of drug-likeness (QED) is 0.678. The number of hydrogen-bond donors (Lipinski definition) is 2. The van der Waals surface area contributed by atoms with Gasteiger partial charge in [0.25, 0.3) is 5.91 Å². The minimum Gasteiger partial charge on any atom is -0.289 e. The number of rotatable bonds is 2. The molecule has 0 aliphatic rings. The van der Waals surface area contributed by atoms with Crippen molar-refractivity contribution < 1.29 is 4.79 Å². The minimum atomic E-state index is -0.322. The number of amides is 1. The van der Waals surface area contributed by atoms with Crippen LogP contribution in [0.25, 0.3) is 5.52 Å². The Kier molecular flexibility index (Phi) is 2.26. The molecule has 18 heavy (non-hydrogen) atoms. The number of fused-ring (bicyclic) bond motifs is 1. The average Bonchev–Trinajstić information content (AvgIpc) is 2.95. The fraction of sp³-hybridized carbons (Fsp3) is 0.100. The number of aromatic nitrogens is 6. The first-order valence-electron chi connectivity index (χ1n) is 5.22. The zero-order chi connectivity index (χ0) is 12.5. The molecular formula is C10H9N7O. The SMILES string of the molecule is Cc1nc(NC(=O)c2cnn3ccncc23)n[nH]1. The van der Waals surface area contributed by atoms with Crippen LogP contribution in [0.5, 0.6) is 0 Å². The van der Waals surface area contributed by atoms with Gasteiger partial charge in [0.15, 0.2) is 0 Å². The maximum atomic E-state index is 12.0. The zero-order valence-corrected chi connectivity index (χ0v) is 9.45. The minimum absolute atomic E-state index is 0.237. The van der Waals surface area contributed by atoms with Gasteiger partial charge in [0, 0.05) is 12.4 Å². The third-order valence-electron chi connectivity index (χ3n) is 2.39. The van der Waals surface area contributed by atoms with Crippen LogP contribution >= 0.6 is 0 Å². The van der Waals surface area contributed by atoms with Crippen molar-refractivity contribution >= 4 is 17.4 Å². The second-order valence-corrected chi connectivity index (χ2v) is 3.66. The highest BCUT2D eigenvalue weighted by molar-refractivity contribution is 6.07. The largest absolute Gasteiger partial charge is 0.289 e. The first-order valence-corrected chi connectivity index (χ1v) is 5.22. The molecule has 3 aromatic rings. The van der Waals surface area contributed by atoms with E-state index >= 15 is 0 Å². The number of nitrogens with one attached hydrogen (secondary N) is 2. The third-order valence-corrected chi connectivity index (χ3v) is 2.39. The van der Waals surface area contributed by atoms with Crippen molar-refractivity contribution in [3.8, 4) is 0 Å². The molecular weight excluding hydrogens is 234 g/mol. The molecule has 0 aliphatic carbocycles. The van der Waals surface area contributed by atoms with Crippen molar-refractivity contribution in [1.82, 2.24) is 29.8 Å². The van der Waals surface area contributed by atoms with Crippen molar-refractivity contribution in [2.45, 2.75) is 6.92 Å². The monoisotopic (exact) mass is 243 g/mol. The number of aromatic amines is 1. The molecule has 2 N–H and O–H groups in total. The van der Waals surface area contributed by atoms with Crippen LogP contribution in [0.4, 0.5) is 5.95 Å². The van der Waals surface area contributed by atoms with Gasteiger partial charge in [-0.3, -0.25) is 20.2 Å². The number of carbonyl (C=O) groups is 1. The first kappa shape index (κ1) is 10.4. The molecule has 0 fully saturated rings. The molecule has 0 saturated heterocycles. The molecule has 0 bridgehead atoms. The van der Waals surface area contributed by atoms with E-state index in [-0.39, 0.29) is 11.9 Å². The number of carbonyl (C=O) groups excluding carboxylic acids is 1. The number of aryl methyl sites for hydroxylation is 1. The highest BCUT2D eigenvalue weighted by Crippen LogP contribution is 2.10. The van der Waals surface area contributed by atoms with Crippen LogP contribution in [0.3, 0.4) is 0 Å². The van der Waals surface area contributed by atoms with Crippen LogP contribution in [0.2, 0.25) is 0 Å². The van der Waals surface area contributed by atoms with E-state index in [0.717, 1.165) is 0 Å². The van der Waals surface area contributed by atoms with Gasteiger partial charge in [-0.1, -0.05) is 0 Å². The van der Waals surface area contributed by atoms with Gasteiger partial charge in [-0.2, -0.15) is 10.1 Å². The summed E-state index contributed by atoms with van der Waals surface area (Å²) in [6.07, 6.45) is 6.32. The van der Waals surface area contributed by atoms with Crippen molar-refractivity contribution in [2.24, 2.45) is 0 Å². The van der Waals surface area contributed by atoms with Crippen LogP contribution in [0.15, 0.2) is 24.8 Å². The van der Waals surface area contributed by atoms with Gasteiger partial charge in [-0.15, -0.1) is 5.10 Å². The number of anilines is 1. The van der Waals surface area contributed by atoms with E-state index in [4.69, 9.17) is 0 Å². The van der Waals surface area contributed by atoms with E-state index < -0.39 is 0 Å². The molecule has 3 heterocycles. The average molecular weight is 243 g/mol. The van der Waals surface area contributed by atoms with E-state index in [9.17, 15) is 4.79 Å². The first-order chi connectivity index (χ1) is 8.74. The molecule has 0 spiro atoms. The van der Waals surface area contributed by atoms with Gasteiger partial charge in [0.1, 0.15) is 5.82 Å². The molecule has 1 amide bonds. The molecule has 90 valence electrons. The molecule has 0 saturated carbocycles. The standard InChI is InChI=1S/C10H9N7O/c1-6-13-10(16-15-6)14-9(18)7-4-12-17-3-2-11-5-8(7)17/h2-5H,1H3,(H2,13,14,15,16,18). The van der Waals surface area contributed by atoms with Gasteiger partial charge < -0.3 is 0 Å². The molecule has 0 unspecified atom stereocenters. The highest BCUT2D eigenvalue weighted by atomic mass is 16.1. The van der Waals surface area contributed by atoms with E-state index in [0.29, 0.717) is 16.9 Å². The Morgan fingerprint density at radius 3 is 3.11 bits per heavy atom. The molecule has 3 rings (SSSR count). The number of hydrogen-bond acceptors (Lipinski definition) is 5. The number of nitrogens with zero attached hydrogens (tertiary/aromatic N) is 5. The van der Waals surface area contributed by atoms with Crippen molar-refractivity contribution in [3.63, 3.8) is 0 Å². The molecule has 8 nitrogen and oxygen atoms in total. The predicted molar refractivity (Wildman–Crippen MR) is 62.1 cm³/mol. The fourth-order valence-corrected chi connectivity index (χ4v) is 1.58. The second-order valence-electron chi connectivity index (χ2n) is 3.66. The predicted octanol–water partition coefficient (Wildman–Crippen LogP) is 0.408. The molecule has 3 aromatic heterocycles. The topological polar surface area (TPSA) is 101 Å². The van der Waals surface area contributed by atoms with Crippen LogP contribution in [-0.2, 0) is 0 Å². The van der Waals surface area contributed by atoms with Crippen molar-refractivity contribution in [1.29, 1.82) is 0 Å². The van der Waals surface area contributed by atoms with Crippen LogP contribution in [0.1, 0.15) is 16.2 Å². The Hall–Kier alpha value is -2.77. The summed E-state index contributed by atoms with van der Waals surface area (Å²) in [6, 6.07) is 0. The van der Waals surface area contributed by atoms with E-state index in [2.05, 4.69) is 30.6 Å². The maximum Gasteiger partial charge on any atom is 0.261 e. The van der Waals surface area contributed by atoms with Crippen molar-refractivity contribution in [3.05, 3.63) is 36.2 Å². The highest BCUT2D eigenvalue weighted by Gasteiger charge is 2.14. The molecule has 0 aliphatic heterocycles. The lowest BCUT2D eigenvalue weighted by Crippen LogP contribution is -2.12. The Morgan fingerprint density at radius 1 is 1.44 bits per heavy atom. The van der Waals surface area contributed by atoms with Crippen LogP contribution in [-0.4, -0.2) is 35.7 Å². The van der Waals surface area contributed by atoms with Gasteiger partial charge in [-0.25, -0.2) is 4.52 Å². The summed E-state index contributed by atoms with van der Waals surface area (Å²) in [5.74, 6) is 0.546. The Labute approximate surface area is 101 Å². The van der Waals surface area contributed by atoms with Gasteiger partial charge >= 0.3 is 0 Å². The zero-order valence-electron chi connectivity index (χ0n) is 9.45. The lowest BCUT2D eigenvalue weighted by atomic mass is 10.3. The van der Waals surface area contributed by atoms with Crippen LogP contribution in [0, 0.1) is 6.92 Å². The second kappa shape index (κ2) is 3.91. The van der Waals surface area contributed by atoms with E-state index in [1.165, 1.54) is 6.20 Å². The van der Waals surface area contributed by atoms with Crippen molar-refractivity contribution in [2.75, 3.05) is 5.32 Å². The van der Waals surface area contributed by atoms with Gasteiger partial charge in [0.05, 0.1) is 23.5 Å². The molecule has 0 radical (unpaired) electrons. The van der Waals surface area contributed by atoms with E-state index in [1.807, 2.05) is 0 Å². The Bertz CT molecular complexity index is 714. The Morgan fingerprint density at radius 2 is 2.33 bits per heavy atom. The lowest BCUT2D eigenvalue weighted by molar-refractivity contribution is 0.102. The summed E-state index contributed by atoms with van der Waals surface area (Å²) in [5.41, 5.74) is 1.05. The molecule has 0 aromatic carbocycles. The summed E-state index contributed by atoms with van der Waals surface area (Å²) < 4.78 is 1.57.